The Balaban J connectivity index is 2.30. The van der Waals surface area contributed by atoms with Gasteiger partial charge in [0.15, 0.2) is 0 Å². The maximum Gasteiger partial charge on any atom is 0.337 e. The zero-order valence-corrected chi connectivity index (χ0v) is 17.5. The minimum absolute atomic E-state index is 0.110. The summed E-state index contributed by atoms with van der Waals surface area (Å²) in [7, 11) is -2.58. The van der Waals surface area contributed by atoms with Gasteiger partial charge in [-0.15, -0.1) is 0 Å². The summed E-state index contributed by atoms with van der Waals surface area (Å²) in [5.41, 5.74) is 0.940. The van der Waals surface area contributed by atoms with Crippen molar-refractivity contribution in [1.29, 1.82) is 0 Å². The molecule has 29 heavy (non-hydrogen) atoms. The molecule has 0 saturated carbocycles. The number of benzene rings is 2. The largest absolute Gasteiger partial charge is 0.492 e. The lowest BCUT2D eigenvalue weighted by molar-refractivity contribution is 0.0600. The standard InChI is InChI=1S/C20H24N2O6S/c1-5-28-17-11-8-15(12-18(17)29(25,26)22-13(2)3)19(23)21-16-9-6-14(7-10-16)20(24)27-4/h6-13,22H,5H2,1-4H3,(H,21,23). The number of anilines is 1. The Labute approximate surface area is 170 Å². The van der Waals surface area contributed by atoms with Gasteiger partial charge in [0.05, 0.1) is 19.3 Å². The number of rotatable bonds is 8. The highest BCUT2D eigenvalue weighted by atomic mass is 32.2. The molecule has 156 valence electrons. The molecule has 0 aliphatic carbocycles. The summed E-state index contributed by atoms with van der Waals surface area (Å²) in [4.78, 5) is 24.0. The van der Waals surface area contributed by atoms with E-state index in [2.05, 4.69) is 14.8 Å². The Morgan fingerprint density at radius 3 is 2.21 bits per heavy atom. The zero-order chi connectivity index (χ0) is 21.6. The molecule has 0 bridgehead atoms. The third-order valence-corrected chi connectivity index (χ3v) is 5.43. The van der Waals surface area contributed by atoms with E-state index in [9.17, 15) is 18.0 Å². The van der Waals surface area contributed by atoms with Crippen molar-refractivity contribution in [2.75, 3.05) is 19.0 Å². The van der Waals surface area contributed by atoms with Crippen molar-refractivity contribution in [3.63, 3.8) is 0 Å². The Morgan fingerprint density at radius 1 is 1.03 bits per heavy atom. The van der Waals surface area contributed by atoms with Gasteiger partial charge in [0.1, 0.15) is 10.6 Å². The van der Waals surface area contributed by atoms with Crippen LogP contribution >= 0.6 is 0 Å². The monoisotopic (exact) mass is 420 g/mol. The molecule has 0 saturated heterocycles. The van der Waals surface area contributed by atoms with Crippen LogP contribution in [0.4, 0.5) is 5.69 Å². The second-order valence-electron chi connectivity index (χ2n) is 6.39. The zero-order valence-electron chi connectivity index (χ0n) is 16.7. The average molecular weight is 420 g/mol. The molecule has 9 heteroatoms. The summed E-state index contributed by atoms with van der Waals surface area (Å²) in [6.07, 6.45) is 0. The van der Waals surface area contributed by atoms with Gasteiger partial charge < -0.3 is 14.8 Å². The molecule has 0 spiro atoms. The van der Waals surface area contributed by atoms with Gasteiger partial charge in [0.2, 0.25) is 10.0 Å². The molecule has 2 rings (SSSR count). The fourth-order valence-electron chi connectivity index (χ4n) is 2.52. The number of nitrogens with one attached hydrogen (secondary N) is 2. The Bertz CT molecular complexity index is 985. The number of hydrogen-bond acceptors (Lipinski definition) is 6. The number of carbonyl (C=O) groups is 2. The number of carbonyl (C=O) groups excluding carboxylic acids is 2. The predicted octanol–water partition coefficient (Wildman–Crippen LogP) is 2.81. The number of sulfonamides is 1. The van der Waals surface area contributed by atoms with Crippen LogP contribution in [0.15, 0.2) is 47.4 Å². The molecule has 0 radical (unpaired) electrons. The van der Waals surface area contributed by atoms with Crippen molar-refractivity contribution in [1.82, 2.24) is 4.72 Å². The van der Waals surface area contributed by atoms with Gasteiger partial charge in [-0.25, -0.2) is 17.9 Å². The summed E-state index contributed by atoms with van der Waals surface area (Å²) < 4.78 is 37.8. The summed E-state index contributed by atoms with van der Waals surface area (Å²) in [5, 5.41) is 2.67. The van der Waals surface area contributed by atoms with E-state index in [4.69, 9.17) is 4.74 Å². The van der Waals surface area contributed by atoms with Crippen LogP contribution in [0.5, 0.6) is 5.75 Å². The third kappa shape index (κ3) is 5.78. The lowest BCUT2D eigenvalue weighted by Crippen LogP contribution is -2.30. The van der Waals surface area contributed by atoms with Crippen molar-refractivity contribution >= 4 is 27.6 Å². The number of esters is 1. The molecular weight excluding hydrogens is 396 g/mol. The maximum absolute atomic E-state index is 12.6. The van der Waals surface area contributed by atoms with Gasteiger partial charge >= 0.3 is 5.97 Å². The Hall–Kier alpha value is -2.91. The maximum atomic E-state index is 12.6. The van der Waals surface area contributed by atoms with Gasteiger partial charge in [-0.3, -0.25) is 4.79 Å². The minimum Gasteiger partial charge on any atom is -0.492 e. The molecule has 8 nitrogen and oxygen atoms in total. The molecule has 2 aromatic rings. The van der Waals surface area contributed by atoms with Crippen LogP contribution in [-0.4, -0.2) is 40.1 Å². The molecule has 0 unspecified atom stereocenters. The smallest absolute Gasteiger partial charge is 0.337 e. The number of amides is 1. The van der Waals surface area contributed by atoms with Gasteiger partial charge in [-0.2, -0.15) is 0 Å². The molecule has 1 amide bonds. The highest BCUT2D eigenvalue weighted by molar-refractivity contribution is 7.89. The highest BCUT2D eigenvalue weighted by Gasteiger charge is 2.23. The van der Waals surface area contributed by atoms with Gasteiger partial charge in [-0.05, 0) is 63.2 Å². The second-order valence-corrected chi connectivity index (χ2v) is 8.08. The first-order chi connectivity index (χ1) is 13.7. The molecular formula is C20H24N2O6S. The van der Waals surface area contributed by atoms with Gasteiger partial charge in [0.25, 0.3) is 5.91 Å². The molecule has 0 aromatic heterocycles. The second kappa shape index (κ2) is 9.53. The lowest BCUT2D eigenvalue weighted by Gasteiger charge is -2.15. The van der Waals surface area contributed by atoms with Crippen LogP contribution < -0.4 is 14.8 Å². The van der Waals surface area contributed by atoms with Gasteiger partial charge in [-0.1, -0.05) is 0 Å². The van der Waals surface area contributed by atoms with Crippen LogP contribution in [0, 0.1) is 0 Å². The first kappa shape index (κ1) is 22.4. The summed E-state index contributed by atoms with van der Waals surface area (Å²) in [6.45, 7) is 5.42. The van der Waals surface area contributed by atoms with Crippen LogP contribution in [0.2, 0.25) is 0 Å². The van der Waals surface area contributed by atoms with E-state index in [0.717, 1.165) is 0 Å². The molecule has 0 atom stereocenters. The molecule has 2 N–H and O–H groups in total. The Morgan fingerprint density at radius 2 is 1.66 bits per heavy atom. The topological polar surface area (TPSA) is 111 Å². The summed E-state index contributed by atoms with van der Waals surface area (Å²) >= 11 is 0. The van der Waals surface area contributed by atoms with Crippen LogP contribution in [0.1, 0.15) is 41.5 Å². The molecule has 0 heterocycles. The Kier molecular flexibility index (Phi) is 7.35. The normalized spacial score (nSPS) is 11.2. The molecule has 0 aliphatic heterocycles. The van der Waals surface area contributed by atoms with Crippen LogP contribution in [0.3, 0.4) is 0 Å². The molecule has 2 aromatic carbocycles. The predicted molar refractivity (Wildman–Crippen MR) is 109 cm³/mol. The number of hydrogen-bond donors (Lipinski definition) is 2. The minimum atomic E-state index is -3.87. The van der Waals surface area contributed by atoms with E-state index in [-0.39, 0.29) is 28.9 Å². The van der Waals surface area contributed by atoms with E-state index in [1.165, 1.54) is 37.4 Å². The van der Waals surface area contributed by atoms with E-state index in [1.54, 1.807) is 32.9 Å². The average Bonchev–Trinajstić information content (AvgIpc) is 2.67. The fraction of sp³-hybridized carbons (Fsp3) is 0.300. The van der Waals surface area contributed by atoms with E-state index >= 15 is 0 Å². The first-order valence-electron chi connectivity index (χ1n) is 8.96. The van der Waals surface area contributed by atoms with Crippen molar-refractivity contribution in [3.8, 4) is 5.75 Å². The number of methoxy groups -OCH3 is 1. The number of ether oxygens (including phenoxy) is 2. The SMILES string of the molecule is CCOc1ccc(C(=O)Nc2ccc(C(=O)OC)cc2)cc1S(=O)(=O)NC(C)C. The van der Waals surface area contributed by atoms with Crippen LogP contribution in [0.25, 0.3) is 0 Å². The van der Waals surface area contributed by atoms with Crippen molar-refractivity contribution in [3.05, 3.63) is 53.6 Å². The highest BCUT2D eigenvalue weighted by Crippen LogP contribution is 2.26. The first-order valence-corrected chi connectivity index (χ1v) is 10.4. The van der Waals surface area contributed by atoms with E-state index in [0.29, 0.717) is 11.3 Å². The van der Waals surface area contributed by atoms with Crippen molar-refractivity contribution in [2.24, 2.45) is 0 Å². The van der Waals surface area contributed by atoms with Crippen molar-refractivity contribution in [2.45, 2.75) is 31.7 Å². The summed E-state index contributed by atoms with van der Waals surface area (Å²) in [6, 6.07) is 10.0. The molecule has 0 fully saturated rings. The van der Waals surface area contributed by atoms with Crippen molar-refractivity contribution < 1.29 is 27.5 Å². The van der Waals surface area contributed by atoms with E-state index in [1.807, 2.05) is 0 Å². The lowest BCUT2D eigenvalue weighted by atomic mass is 10.1. The van der Waals surface area contributed by atoms with Crippen LogP contribution in [-0.2, 0) is 14.8 Å². The third-order valence-electron chi connectivity index (χ3n) is 3.75. The van der Waals surface area contributed by atoms with E-state index < -0.39 is 21.9 Å². The summed E-state index contributed by atoms with van der Waals surface area (Å²) in [5.74, 6) is -0.818. The molecule has 0 aliphatic rings. The van der Waals surface area contributed by atoms with Gasteiger partial charge in [0, 0.05) is 17.3 Å². The quantitative estimate of drug-likeness (QED) is 0.636. The fourth-order valence-corrected chi connectivity index (χ4v) is 3.94.